The molecule has 0 atom stereocenters. The van der Waals surface area contributed by atoms with Crippen LogP contribution in [0.3, 0.4) is 0 Å². The Hall–Kier alpha value is -1.00. The monoisotopic (exact) mass is 182 g/mol. The molecule has 0 saturated carbocycles. The van der Waals surface area contributed by atoms with Gasteiger partial charge in [-0.15, -0.1) is 5.92 Å². The van der Waals surface area contributed by atoms with Gasteiger partial charge in [0, 0.05) is 0 Å². The second kappa shape index (κ2) is 5.62. The Bertz CT molecular complexity index is 283. The van der Waals surface area contributed by atoms with Gasteiger partial charge in [-0.2, -0.15) is 0 Å². The Balaban J connectivity index is 4.70. The molecule has 0 aliphatic rings. The molecule has 0 N–H and O–H groups in total. The van der Waals surface area contributed by atoms with Crippen LogP contribution in [-0.4, -0.2) is 5.24 Å². The molecule has 0 heterocycles. The van der Waals surface area contributed by atoms with Crippen LogP contribution in [0, 0.1) is 11.8 Å². The summed E-state index contributed by atoms with van der Waals surface area (Å²) >= 11 is 5.27. The second-order valence-corrected chi connectivity index (χ2v) is 2.82. The maximum Gasteiger partial charge on any atom is 0.260 e. The SMILES string of the molecule is CC#C/C(=C\C=C(C)C)C(=O)Cl. The summed E-state index contributed by atoms with van der Waals surface area (Å²) in [5, 5.41) is -0.512. The summed E-state index contributed by atoms with van der Waals surface area (Å²) in [6, 6.07) is 0. The number of rotatable bonds is 2. The van der Waals surface area contributed by atoms with Gasteiger partial charge in [-0.05, 0) is 38.4 Å². The topological polar surface area (TPSA) is 17.1 Å². The van der Waals surface area contributed by atoms with E-state index in [0.717, 1.165) is 5.57 Å². The zero-order valence-electron chi connectivity index (χ0n) is 7.44. The Morgan fingerprint density at radius 1 is 1.33 bits per heavy atom. The van der Waals surface area contributed by atoms with Gasteiger partial charge in [-0.25, -0.2) is 0 Å². The molecule has 12 heavy (non-hydrogen) atoms. The van der Waals surface area contributed by atoms with Crippen LogP contribution in [0.2, 0.25) is 0 Å². The van der Waals surface area contributed by atoms with E-state index in [1.54, 1.807) is 19.1 Å². The molecule has 0 aromatic carbocycles. The molecule has 64 valence electrons. The van der Waals surface area contributed by atoms with Crippen LogP contribution in [0.1, 0.15) is 20.8 Å². The largest absolute Gasteiger partial charge is 0.275 e. The molecule has 0 aliphatic heterocycles. The quantitative estimate of drug-likeness (QED) is 0.278. The predicted octanol–water partition coefficient (Wildman–Crippen LogP) is 2.67. The van der Waals surface area contributed by atoms with Crippen molar-refractivity contribution in [2.45, 2.75) is 20.8 Å². The molecule has 1 nitrogen and oxygen atoms in total. The lowest BCUT2D eigenvalue weighted by Gasteiger charge is -1.88. The summed E-state index contributed by atoms with van der Waals surface area (Å²) < 4.78 is 0. The first kappa shape index (κ1) is 11.0. The molecule has 0 bridgehead atoms. The van der Waals surface area contributed by atoms with Crippen molar-refractivity contribution in [3.8, 4) is 11.8 Å². The average molecular weight is 183 g/mol. The summed E-state index contributed by atoms with van der Waals surface area (Å²) in [5.74, 6) is 5.24. The van der Waals surface area contributed by atoms with Crippen LogP contribution in [0.4, 0.5) is 0 Å². The van der Waals surface area contributed by atoms with E-state index >= 15 is 0 Å². The lowest BCUT2D eigenvalue weighted by molar-refractivity contribution is -0.108. The first-order valence-electron chi connectivity index (χ1n) is 3.55. The van der Waals surface area contributed by atoms with Crippen molar-refractivity contribution in [2.75, 3.05) is 0 Å². The van der Waals surface area contributed by atoms with Crippen LogP contribution in [0.5, 0.6) is 0 Å². The van der Waals surface area contributed by atoms with Gasteiger partial charge in [0.15, 0.2) is 0 Å². The lowest BCUT2D eigenvalue weighted by atomic mass is 10.2. The minimum Gasteiger partial charge on any atom is -0.275 e. The zero-order valence-corrected chi connectivity index (χ0v) is 8.20. The number of carbonyl (C=O) groups excluding carboxylic acids is 1. The van der Waals surface area contributed by atoms with E-state index in [-0.39, 0.29) is 0 Å². The molecule has 0 aromatic heterocycles. The van der Waals surface area contributed by atoms with Gasteiger partial charge in [0.25, 0.3) is 5.24 Å². The number of allylic oxidation sites excluding steroid dienone is 4. The fourth-order valence-electron chi connectivity index (χ4n) is 0.541. The van der Waals surface area contributed by atoms with E-state index in [9.17, 15) is 4.79 Å². The van der Waals surface area contributed by atoms with E-state index in [2.05, 4.69) is 11.8 Å². The van der Waals surface area contributed by atoms with Gasteiger partial charge in [0.2, 0.25) is 0 Å². The number of carbonyl (C=O) groups is 1. The van der Waals surface area contributed by atoms with Crippen molar-refractivity contribution in [3.05, 3.63) is 23.3 Å². The fourth-order valence-corrected chi connectivity index (χ4v) is 0.651. The van der Waals surface area contributed by atoms with E-state index in [1.807, 2.05) is 13.8 Å². The van der Waals surface area contributed by atoms with Gasteiger partial charge < -0.3 is 0 Å². The third kappa shape index (κ3) is 4.76. The molecule has 0 aromatic rings. The highest BCUT2D eigenvalue weighted by Crippen LogP contribution is 2.01. The Labute approximate surface area is 78.1 Å². The summed E-state index contributed by atoms with van der Waals surface area (Å²) in [6.45, 7) is 5.54. The van der Waals surface area contributed by atoms with Gasteiger partial charge in [0.1, 0.15) is 0 Å². The minimum atomic E-state index is -0.512. The molecule has 0 amide bonds. The molecule has 0 saturated heterocycles. The van der Waals surface area contributed by atoms with Gasteiger partial charge in [-0.3, -0.25) is 4.79 Å². The van der Waals surface area contributed by atoms with Crippen LogP contribution >= 0.6 is 11.6 Å². The zero-order chi connectivity index (χ0) is 9.56. The average Bonchev–Trinajstić information content (AvgIpc) is 1.96. The molecule has 0 radical (unpaired) electrons. The smallest absolute Gasteiger partial charge is 0.260 e. The fraction of sp³-hybridized carbons (Fsp3) is 0.300. The molecule has 0 fully saturated rings. The van der Waals surface area contributed by atoms with Gasteiger partial charge >= 0.3 is 0 Å². The molecule has 0 aliphatic carbocycles. The second-order valence-electron chi connectivity index (χ2n) is 2.47. The molecule has 0 unspecified atom stereocenters. The Morgan fingerprint density at radius 3 is 2.25 bits per heavy atom. The maximum atomic E-state index is 10.7. The standard InChI is InChI=1S/C10H11ClO/c1-4-5-9(10(11)12)7-6-8(2)3/h6-7H,1-3H3/b9-7+. The van der Waals surface area contributed by atoms with E-state index in [1.165, 1.54) is 0 Å². The van der Waals surface area contributed by atoms with Gasteiger partial charge in [0.05, 0.1) is 5.57 Å². The highest BCUT2D eigenvalue weighted by atomic mass is 35.5. The van der Waals surface area contributed by atoms with Crippen LogP contribution in [0.15, 0.2) is 23.3 Å². The van der Waals surface area contributed by atoms with E-state index in [4.69, 9.17) is 11.6 Å². The lowest BCUT2D eigenvalue weighted by Crippen LogP contribution is -1.88. The summed E-state index contributed by atoms with van der Waals surface area (Å²) in [5.41, 5.74) is 1.43. The highest BCUT2D eigenvalue weighted by molar-refractivity contribution is 6.68. The van der Waals surface area contributed by atoms with E-state index < -0.39 is 5.24 Å². The van der Waals surface area contributed by atoms with Crippen molar-refractivity contribution >= 4 is 16.8 Å². The number of halogens is 1. The van der Waals surface area contributed by atoms with Crippen LogP contribution < -0.4 is 0 Å². The summed E-state index contributed by atoms with van der Waals surface area (Å²) in [4.78, 5) is 10.7. The first-order chi connectivity index (χ1) is 5.57. The molecular formula is C10H11ClO. The van der Waals surface area contributed by atoms with Crippen molar-refractivity contribution in [2.24, 2.45) is 0 Å². The first-order valence-corrected chi connectivity index (χ1v) is 3.93. The Morgan fingerprint density at radius 2 is 1.92 bits per heavy atom. The summed E-state index contributed by atoms with van der Waals surface area (Å²) in [6.07, 6.45) is 3.43. The molecule has 0 spiro atoms. The predicted molar refractivity (Wildman–Crippen MR) is 51.8 cm³/mol. The minimum absolute atomic E-state index is 0.334. The maximum absolute atomic E-state index is 10.7. The molecule has 0 rings (SSSR count). The molecular weight excluding hydrogens is 172 g/mol. The van der Waals surface area contributed by atoms with Crippen LogP contribution in [0.25, 0.3) is 0 Å². The summed E-state index contributed by atoms with van der Waals surface area (Å²) in [7, 11) is 0. The third-order valence-corrected chi connectivity index (χ3v) is 1.26. The third-order valence-electron chi connectivity index (χ3n) is 1.05. The Kier molecular flexibility index (Phi) is 5.16. The van der Waals surface area contributed by atoms with Crippen molar-refractivity contribution in [1.82, 2.24) is 0 Å². The van der Waals surface area contributed by atoms with Crippen LogP contribution in [-0.2, 0) is 4.79 Å². The highest BCUT2D eigenvalue weighted by Gasteiger charge is 1.99. The van der Waals surface area contributed by atoms with Gasteiger partial charge in [-0.1, -0.05) is 17.6 Å². The molecule has 2 heteroatoms. The van der Waals surface area contributed by atoms with Crippen molar-refractivity contribution < 1.29 is 4.79 Å². The normalized spacial score (nSPS) is 9.83. The number of hydrogen-bond donors (Lipinski definition) is 0. The van der Waals surface area contributed by atoms with E-state index in [0.29, 0.717) is 5.57 Å². The number of hydrogen-bond acceptors (Lipinski definition) is 1. The van der Waals surface area contributed by atoms with Crippen molar-refractivity contribution in [3.63, 3.8) is 0 Å². The van der Waals surface area contributed by atoms with Crippen molar-refractivity contribution in [1.29, 1.82) is 0 Å².